The van der Waals surface area contributed by atoms with Gasteiger partial charge in [0.2, 0.25) is 11.7 Å². The van der Waals surface area contributed by atoms with Crippen LogP contribution in [0.15, 0.2) is 0 Å². The third-order valence-electron chi connectivity index (χ3n) is 4.50. The lowest BCUT2D eigenvalue weighted by Crippen LogP contribution is -2.56. The summed E-state index contributed by atoms with van der Waals surface area (Å²) in [5.74, 6) is -0.628. The van der Waals surface area contributed by atoms with Crippen molar-refractivity contribution in [1.29, 1.82) is 0 Å². The van der Waals surface area contributed by atoms with E-state index < -0.39 is 17.2 Å². The van der Waals surface area contributed by atoms with E-state index in [0.29, 0.717) is 12.5 Å². The van der Waals surface area contributed by atoms with Gasteiger partial charge >= 0.3 is 0 Å². The van der Waals surface area contributed by atoms with Gasteiger partial charge in [-0.1, -0.05) is 33.1 Å². The number of nitrogens with one attached hydrogen (secondary N) is 2. The van der Waals surface area contributed by atoms with Gasteiger partial charge in [-0.25, -0.2) is 0 Å². The Labute approximate surface area is 133 Å². The van der Waals surface area contributed by atoms with Gasteiger partial charge in [-0.2, -0.15) is 0 Å². The molecule has 22 heavy (non-hydrogen) atoms. The number of rotatable bonds is 8. The lowest BCUT2D eigenvalue weighted by Gasteiger charge is -2.25. The number of carbonyl (C=O) groups excluding carboxylic acids is 3. The second-order valence-corrected chi connectivity index (χ2v) is 7.08. The van der Waals surface area contributed by atoms with Crippen LogP contribution < -0.4 is 10.6 Å². The molecule has 0 spiro atoms. The summed E-state index contributed by atoms with van der Waals surface area (Å²) in [6, 6.07) is 0. The monoisotopic (exact) mass is 310 g/mol. The van der Waals surface area contributed by atoms with Crippen molar-refractivity contribution in [3.8, 4) is 0 Å². The molecule has 0 bridgehead atoms. The fraction of sp³-hybridized carbons (Fsp3) is 0.824. The van der Waals surface area contributed by atoms with Crippen molar-refractivity contribution in [2.75, 3.05) is 6.54 Å². The Hall–Kier alpha value is -1.39. The molecule has 0 radical (unpaired) electrons. The summed E-state index contributed by atoms with van der Waals surface area (Å²) >= 11 is 0. The average molecular weight is 310 g/mol. The third-order valence-corrected chi connectivity index (χ3v) is 4.50. The van der Waals surface area contributed by atoms with Gasteiger partial charge in [0.05, 0.1) is 0 Å². The summed E-state index contributed by atoms with van der Waals surface area (Å²) in [6.45, 7) is 7.83. The average Bonchev–Trinajstić information content (AvgIpc) is 2.97. The number of Topliss-reactive ketones (excluding diaryl/α,β-unsaturated/α-hetero) is 1. The third kappa shape index (κ3) is 5.78. The first-order valence-corrected chi connectivity index (χ1v) is 8.40. The Morgan fingerprint density at radius 2 is 1.77 bits per heavy atom. The van der Waals surface area contributed by atoms with E-state index in [1.165, 1.54) is 12.8 Å². The van der Waals surface area contributed by atoms with Gasteiger partial charge in [-0.05, 0) is 38.5 Å². The van der Waals surface area contributed by atoms with Crippen molar-refractivity contribution in [1.82, 2.24) is 10.6 Å². The summed E-state index contributed by atoms with van der Waals surface area (Å²) < 4.78 is 0. The summed E-state index contributed by atoms with van der Waals surface area (Å²) in [7, 11) is 0. The van der Waals surface area contributed by atoms with Gasteiger partial charge < -0.3 is 10.6 Å². The molecule has 0 aliphatic heterocycles. The molecule has 5 nitrogen and oxygen atoms in total. The Morgan fingerprint density at radius 1 is 1.18 bits per heavy atom. The lowest BCUT2D eigenvalue weighted by atomic mass is 9.99. The van der Waals surface area contributed by atoms with Crippen LogP contribution in [0, 0.1) is 11.8 Å². The molecule has 0 aromatic rings. The minimum Gasteiger partial charge on any atom is -0.354 e. The van der Waals surface area contributed by atoms with Crippen molar-refractivity contribution >= 4 is 17.6 Å². The zero-order valence-corrected chi connectivity index (χ0v) is 14.3. The van der Waals surface area contributed by atoms with E-state index in [1.807, 2.05) is 13.8 Å². The molecule has 1 unspecified atom stereocenters. The van der Waals surface area contributed by atoms with Crippen molar-refractivity contribution in [2.24, 2.45) is 11.8 Å². The first kappa shape index (κ1) is 18.7. The Morgan fingerprint density at radius 3 is 2.32 bits per heavy atom. The van der Waals surface area contributed by atoms with Crippen LogP contribution in [-0.2, 0) is 14.4 Å². The Kier molecular flexibility index (Phi) is 7.04. The van der Waals surface area contributed by atoms with Crippen LogP contribution in [-0.4, -0.2) is 29.7 Å². The quantitative estimate of drug-likeness (QED) is 0.675. The van der Waals surface area contributed by atoms with E-state index in [9.17, 15) is 14.4 Å². The van der Waals surface area contributed by atoms with Crippen LogP contribution in [0.25, 0.3) is 0 Å². The molecule has 1 rings (SSSR count). The standard InChI is InChI=1S/C17H30N2O3/c1-5-12(2)10-14(20)15(21)19-17(3,4)16(22)18-11-13-8-6-7-9-13/h12-13H,5-11H2,1-4H3,(H,18,22)(H,19,21). The largest absolute Gasteiger partial charge is 0.354 e. The number of hydrogen-bond donors (Lipinski definition) is 2. The first-order chi connectivity index (χ1) is 10.3. The highest BCUT2D eigenvalue weighted by molar-refractivity contribution is 6.36. The molecule has 2 N–H and O–H groups in total. The number of carbonyl (C=O) groups is 3. The summed E-state index contributed by atoms with van der Waals surface area (Å²) in [5.41, 5.74) is -1.07. The van der Waals surface area contributed by atoms with Crippen LogP contribution in [0.3, 0.4) is 0 Å². The van der Waals surface area contributed by atoms with Crippen LogP contribution in [0.5, 0.6) is 0 Å². The second-order valence-electron chi connectivity index (χ2n) is 7.08. The van der Waals surface area contributed by atoms with Gasteiger partial charge in [0, 0.05) is 13.0 Å². The van der Waals surface area contributed by atoms with Crippen LogP contribution >= 0.6 is 0 Å². The van der Waals surface area contributed by atoms with Crippen molar-refractivity contribution in [2.45, 2.75) is 71.8 Å². The summed E-state index contributed by atoms with van der Waals surface area (Å²) in [5, 5.41) is 5.46. The fourth-order valence-electron chi connectivity index (χ4n) is 2.64. The van der Waals surface area contributed by atoms with Gasteiger partial charge in [0.1, 0.15) is 5.54 Å². The molecule has 1 atom stereocenters. The zero-order chi connectivity index (χ0) is 16.8. The zero-order valence-electron chi connectivity index (χ0n) is 14.3. The predicted octanol–water partition coefficient (Wildman–Crippen LogP) is 2.19. The highest BCUT2D eigenvalue weighted by atomic mass is 16.2. The highest BCUT2D eigenvalue weighted by Crippen LogP contribution is 2.23. The summed E-state index contributed by atoms with van der Waals surface area (Å²) in [6.07, 6.45) is 5.84. The molecule has 0 saturated heterocycles. The van der Waals surface area contributed by atoms with Gasteiger partial charge in [-0.15, -0.1) is 0 Å². The Bertz CT molecular complexity index is 412. The normalized spacial score (nSPS) is 17.1. The lowest BCUT2D eigenvalue weighted by molar-refractivity contribution is -0.141. The topological polar surface area (TPSA) is 75.3 Å². The molecule has 0 aromatic heterocycles. The van der Waals surface area contributed by atoms with Crippen LogP contribution in [0.4, 0.5) is 0 Å². The maximum absolute atomic E-state index is 12.2. The molecular weight excluding hydrogens is 280 g/mol. The minimum absolute atomic E-state index is 0.178. The van der Waals surface area contributed by atoms with E-state index in [2.05, 4.69) is 10.6 Å². The predicted molar refractivity (Wildman–Crippen MR) is 86.3 cm³/mol. The molecule has 5 heteroatoms. The number of ketones is 1. The van der Waals surface area contributed by atoms with E-state index in [4.69, 9.17) is 0 Å². The van der Waals surface area contributed by atoms with Gasteiger partial charge in [-0.3, -0.25) is 14.4 Å². The fourth-order valence-corrected chi connectivity index (χ4v) is 2.64. The molecule has 2 amide bonds. The maximum Gasteiger partial charge on any atom is 0.288 e. The second kappa shape index (κ2) is 8.30. The van der Waals surface area contributed by atoms with Crippen LogP contribution in [0.1, 0.15) is 66.2 Å². The van der Waals surface area contributed by atoms with Crippen molar-refractivity contribution in [3.05, 3.63) is 0 Å². The molecule has 1 aliphatic carbocycles. The minimum atomic E-state index is -1.07. The Balaban J connectivity index is 2.44. The van der Waals surface area contributed by atoms with Gasteiger partial charge in [0.25, 0.3) is 5.91 Å². The van der Waals surface area contributed by atoms with E-state index in [0.717, 1.165) is 19.3 Å². The number of hydrogen-bond acceptors (Lipinski definition) is 3. The maximum atomic E-state index is 12.2. The SMILES string of the molecule is CCC(C)CC(=O)C(=O)NC(C)(C)C(=O)NCC1CCCC1. The van der Waals surface area contributed by atoms with E-state index >= 15 is 0 Å². The summed E-state index contributed by atoms with van der Waals surface area (Å²) in [4.78, 5) is 36.0. The molecule has 1 saturated carbocycles. The van der Waals surface area contributed by atoms with Crippen molar-refractivity contribution in [3.63, 3.8) is 0 Å². The molecule has 1 fully saturated rings. The van der Waals surface area contributed by atoms with E-state index in [1.54, 1.807) is 13.8 Å². The van der Waals surface area contributed by atoms with Gasteiger partial charge in [0.15, 0.2) is 0 Å². The van der Waals surface area contributed by atoms with E-state index in [-0.39, 0.29) is 18.2 Å². The van der Waals surface area contributed by atoms with Crippen molar-refractivity contribution < 1.29 is 14.4 Å². The molecule has 126 valence electrons. The molecule has 0 heterocycles. The highest BCUT2D eigenvalue weighted by Gasteiger charge is 2.32. The smallest absolute Gasteiger partial charge is 0.288 e. The van der Waals surface area contributed by atoms with Crippen LogP contribution in [0.2, 0.25) is 0 Å². The first-order valence-electron chi connectivity index (χ1n) is 8.40. The molecular formula is C17H30N2O3. The number of amides is 2. The molecule has 1 aliphatic rings. The molecule has 0 aromatic carbocycles.